The average Bonchev–Trinajstić information content (AvgIpc) is 3.31. The molecule has 3 aromatic carbocycles. The molecule has 2 heterocycles. The number of hydrogen-bond donors (Lipinski definition) is 1. The SMILES string of the molecule is CCCCn1c(N2CCCC(C(=O)NC(Cc3ccccc3)c3ccccc3)C2)nc2ccccc21. The number of unbranched alkanes of at least 4 members (excludes halogenated alkanes) is 1. The minimum atomic E-state index is -0.0554. The third-order valence-electron chi connectivity index (χ3n) is 7.25. The fourth-order valence-corrected chi connectivity index (χ4v) is 5.29. The highest BCUT2D eigenvalue weighted by molar-refractivity contribution is 5.81. The molecule has 0 radical (unpaired) electrons. The summed E-state index contributed by atoms with van der Waals surface area (Å²) in [5.41, 5.74) is 4.58. The second-order valence-electron chi connectivity index (χ2n) is 9.85. The number of carbonyl (C=O) groups is 1. The third-order valence-corrected chi connectivity index (χ3v) is 7.25. The maximum Gasteiger partial charge on any atom is 0.225 e. The van der Waals surface area contributed by atoms with Crippen LogP contribution in [0.4, 0.5) is 5.95 Å². The molecule has 1 saturated heterocycles. The highest BCUT2D eigenvalue weighted by Crippen LogP contribution is 2.28. The van der Waals surface area contributed by atoms with Crippen LogP contribution in [0.15, 0.2) is 84.9 Å². The van der Waals surface area contributed by atoms with Crippen molar-refractivity contribution in [3.8, 4) is 0 Å². The van der Waals surface area contributed by atoms with Gasteiger partial charge in [0.2, 0.25) is 11.9 Å². The summed E-state index contributed by atoms with van der Waals surface area (Å²) in [4.78, 5) is 20.9. The van der Waals surface area contributed by atoms with Crippen LogP contribution in [0.1, 0.15) is 49.8 Å². The van der Waals surface area contributed by atoms with Gasteiger partial charge in [-0.1, -0.05) is 86.1 Å². The molecule has 1 N–H and O–H groups in total. The van der Waals surface area contributed by atoms with Crippen LogP contribution in [0.2, 0.25) is 0 Å². The van der Waals surface area contributed by atoms with Crippen LogP contribution < -0.4 is 10.2 Å². The Balaban J connectivity index is 1.34. The van der Waals surface area contributed by atoms with E-state index in [0.717, 1.165) is 62.2 Å². The van der Waals surface area contributed by atoms with Crippen molar-refractivity contribution in [1.82, 2.24) is 14.9 Å². The van der Waals surface area contributed by atoms with E-state index in [4.69, 9.17) is 4.98 Å². The molecule has 1 amide bonds. The molecule has 36 heavy (non-hydrogen) atoms. The zero-order chi connectivity index (χ0) is 24.7. The molecule has 186 valence electrons. The molecule has 1 fully saturated rings. The van der Waals surface area contributed by atoms with Crippen LogP contribution in [0.25, 0.3) is 11.0 Å². The van der Waals surface area contributed by atoms with E-state index in [1.807, 2.05) is 30.3 Å². The van der Waals surface area contributed by atoms with Crippen LogP contribution in [-0.4, -0.2) is 28.5 Å². The van der Waals surface area contributed by atoms with Crippen LogP contribution in [0, 0.1) is 5.92 Å². The second-order valence-corrected chi connectivity index (χ2v) is 9.85. The number of piperidine rings is 1. The van der Waals surface area contributed by atoms with Gasteiger partial charge >= 0.3 is 0 Å². The van der Waals surface area contributed by atoms with Crippen LogP contribution in [-0.2, 0) is 17.8 Å². The Bertz CT molecular complexity index is 1270. The van der Waals surface area contributed by atoms with Crippen molar-refractivity contribution in [3.05, 3.63) is 96.1 Å². The fraction of sp³-hybridized carbons (Fsp3) is 0.355. The van der Waals surface area contributed by atoms with Crippen molar-refractivity contribution in [2.75, 3.05) is 18.0 Å². The van der Waals surface area contributed by atoms with Gasteiger partial charge < -0.3 is 14.8 Å². The molecule has 0 aliphatic carbocycles. The third kappa shape index (κ3) is 5.46. The number of carbonyl (C=O) groups excluding carboxylic acids is 1. The fourth-order valence-electron chi connectivity index (χ4n) is 5.29. The number of nitrogens with one attached hydrogen (secondary N) is 1. The second kappa shape index (κ2) is 11.4. The highest BCUT2D eigenvalue weighted by atomic mass is 16.2. The Morgan fingerprint density at radius 2 is 1.72 bits per heavy atom. The minimum Gasteiger partial charge on any atom is -0.349 e. The molecular weight excluding hydrogens is 444 g/mol. The molecule has 5 nitrogen and oxygen atoms in total. The van der Waals surface area contributed by atoms with Gasteiger partial charge in [-0.2, -0.15) is 0 Å². The number of imidazole rings is 1. The smallest absolute Gasteiger partial charge is 0.225 e. The van der Waals surface area contributed by atoms with E-state index < -0.39 is 0 Å². The number of para-hydroxylation sites is 2. The van der Waals surface area contributed by atoms with Crippen molar-refractivity contribution in [1.29, 1.82) is 0 Å². The molecule has 4 aromatic rings. The van der Waals surface area contributed by atoms with Gasteiger partial charge in [0.15, 0.2) is 0 Å². The Morgan fingerprint density at radius 3 is 2.50 bits per heavy atom. The zero-order valence-electron chi connectivity index (χ0n) is 21.1. The van der Waals surface area contributed by atoms with Crippen molar-refractivity contribution in [3.63, 3.8) is 0 Å². The number of aryl methyl sites for hydroxylation is 1. The van der Waals surface area contributed by atoms with Gasteiger partial charge in [-0.15, -0.1) is 0 Å². The van der Waals surface area contributed by atoms with E-state index in [2.05, 4.69) is 76.3 Å². The first kappa shape index (κ1) is 24.1. The van der Waals surface area contributed by atoms with E-state index in [1.54, 1.807) is 0 Å². The summed E-state index contributed by atoms with van der Waals surface area (Å²) in [6.45, 7) is 4.81. The lowest BCUT2D eigenvalue weighted by Crippen LogP contribution is -2.45. The lowest BCUT2D eigenvalue weighted by Gasteiger charge is -2.34. The van der Waals surface area contributed by atoms with Crippen molar-refractivity contribution >= 4 is 22.9 Å². The predicted molar refractivity (Wildman–Crippen MR) is 147 cm³/mol. The topological polar surface area (TPSA) is 50.2 Å². The number of benzene rings is 3. The molecule has 0 bridgehead atoms. The molecule has 1 aliphatic heterocycles. The molecule has 5 rings (SSSR count). The van der Waals surface area contributed by atoms with E-state index in [-0.39, 0.29) is 17.9 Å². The van der Waals surface area contributed by atoms with Gasteiger partial charge in [0.05, 0.1) is 23.0 Å². The van der Waals surface area contributed by atoms with E-state index in [9.17, 15) is 4.79 Å². The van der Waals surface area contributed by atoms with Crippen molar-refractivity contribution in [2.45, 2.75) is 51.6 Å². The molecule has 0 saturated carbocycles. The molecule has 0 spiro atoms. The number of aromatic nitrogens is 2. The summed E-state index contributed by atoms with van der Waals surface area (Å²) in [6, 6.07) is 29.1. The van der Waals surface area contributed by atoms with Crippen molar-refractivity contribution < 1.29 is 4.79 Å². The maximum atomic E-state index is 13.6. The summed E-state index contributed by atoms with van der Waals surface area (Å²) in [5, 5.41) is 3.41. The Labute approximate surface area is 214 Å². The summed E-state index contributed by atoms with van der Waals surface area (Å²) in [5.74, 6) is 1.09. The Morgan fingerprint density at radius 1 is 1.00 bits per heavy atom. The van der Waals surface area contributed by atoms with Gasteiger partial charge in [0.25, 0.3) is 0 Å². The molecule has 1 aliphatic rings. The summed E-state index contributed by atoms with van der Waals surface area (Å²) in [6.07, 6.45) is 4.93. The summed E-state index contributed by atoms with van der Waals surface area (Å²) >= 11 is 0. The lowest BCUT2D eigenvalue weighted by molar-refractivity contribution is -0.126. The number of hydrogen-bond acceptors (Lipinski definition) is 3. The Kier molecular flexibility index (Phi) is 7.65. The maximum absolute atomic E-state index is 13.6. The number of anilines is 1. The van der Waals surface area contributed by atoms with E-state index in [1.165, 1.54) is 11.1 Å². The number of fused-ring (bicyclic) bond motifs is 1. The van der Waals surface area contributed by atoms with Gasteiger partial charge in [0, 0.05) is 19.6 Å². The summed E-state index contributed by atoms with van der Waals surface area (Å²) in [7, 11) is 0. The number of amides is 1. The van der Waals surface area contributed by atoms with Crippen LogP contribution in [0.5, 0.6) is 0 Å². The standard InChI is InChI=1S/C31H36N4O/c1-2-3-21-35-29-19-11-10-18-27(29)33-31(35)34-20-12-17-26(23-34)30(36)32-28(25-15-8-5-9-16-25)22-24-13-6-4-7-14-24/h4-11,13-16,18-19,26,28H,2-3,12,17,20-23H2,1H3,(H,32,36). The van der Waals surface area contributed by atoms with Gasteiger partial charge in [0.1, 0.15) is 0 Å². The molecule has 2 atom stereocenters. The van der Waals surface area contributed by atoms with Gasteiger partial charge in [-0.05, 0) is 48.9 Å². The van der Waals surface area contributed by atoms with E-state index in [0.29, 0.717) is 6.54 Å². The normalized spacial score (nSPS) is 16.7. The van der Waals surface area contributed by atoms with Crippen LogP contribution >= 0.6 is 0 Å². The first-order chi connectivity index (χ1) is 17.7. The van der Waals surface area contributed by atoms with Gasteiger partial charge in [-0.3, -0.25) is 4.79 Å². The highest BCUT2D eigenvalue weighted by Gasteiger charge is 2.30. The quantitative estimate of drug-likeness (QED) is 0.312. The largest absolute Gasteiger partial charge is 0.349 e. The molecular formula is C31H36N4O. The Hall–Kier alpha value is -3.60. The predicted octanol–water partition coefficient (Wildman–Crippen LogP) is 6.15. The first-order valence-electron chi connectivity index (χ1n) is 13.3. The van der Waals surface area contributed by atoms with Crippen molar-refractivity contribution in [2.24, 2.45) is 5.92 Å². The minimum absolute atomic E-state index is 0.0504. The summed E-state index contributed by atoms with van der Waals surface area (Å²) < 4.78 is 2.35. The molecule has 2 unspecified atom stereocenters. The number of rotatable bonds is 9. The monoisotopic (exact) mass is 480 g/mol. The van der Waals surface area contributed by atoms with Gasteiger partial charge in [-0.25, -0.2) is 4.98 Å². The van der Waals surface area contributed by atoms with Crippen LogP contribution in [0.3, 0.4) is 0 Å². The van der Waals surface area contributed by atoms with E-state index >= 15 is 0 Å². The molecule has 1 aromatic heterocycles. The lowest BCUT2D eigenvalue weighted by atomic mass is 9.94. The first-order valence-corrected chi connectivity index (χ1v) is 13.3. The average molecular weight is 481 g/mol. The molecule has 5 heteroatoms. The zero-order valence-corrected chi connectivity index (χ0v) is 21.1. The number of nitrogens with zero attached hydrogens (tertiary/aromatic N) is 3.